The molecule has 2 aromatic heterocycles. The topological polar surface area (TPSA) is 9.86 Å². The minimum atomic E-state index is -0.0652. The summed E-state index contributed by atoms with van der Waals surface area (Å²) in [6, 6.07) is 50.9. The highest BCUT2D eigenvalue weighted by atomic mass is 15.0. The number of nitrogens with zero attached hydrogens (tertiary/aromatic N) is 2. The maximum Gasteiger partial charge on any atom is 0.333 e. The summed E-state index contributed by atoms with van der Waals surface area (Å²) < 4.78 is 5.47. The highest BCUT2D eigenvalue weighted by Crippen LogP contribution is 2.48. The third-order valence-electron chi connectivity index (χ3n) is 15.6. The van der Waals surface area contributed by atoms with E-state index in [0.29, 0.717) is 0 Å². The summed E-state index contributed by atoms with van der Waals surface area (Å²) in [4.78, 5) is 0. The SMILES string of the molecule is Cc1ccc(C)c(-c2cc3c4c(c2)-n2c5c(cc(-c6cc(C(C)(C)C)cc(C(C)(C)C)c6)cc5c5ccc6ccccc6c52)B4n2c4ccc(C(C)(C)C)cc4c4cc(C(C)(C)C)cc-3c42)c1. The molecule has 0 aliphatic carbocycles. The third-order valence-corrected chi connectivity index (χ3v) is 15.6. The van der Waals surface area contributed by atoms with E-state index in [-0.39, 0.29) is 28.5 Å². The second kappa shape index (κ2) is 13.7. The smallest absolute Gasteiger partial charge is 0.333 e. The van der Waals surface area contributed by atoms with Gasteiger partial charge in [0.1, 0.15) is 0 Å². The van der Waals surface area contributed by atoms with Crippen molar-refractivity contribution >= 4 is 72.2 Å². The molecule has 332 valence electrons. The van der Waals surface area contributed by atoms with Gasteiger partial charge in [-0.3, -0.25) is 0 Å². The van der Waals surface area contributed by atoms with Crippen molar-refractivity contribution < 1.29 is 0 Å². The van der Waals surface area contributed by atoms with Crippen molar-refractivity contribution in [3.05, 3.63) is 161 Å². The Balaban J connectivity index is 1.32. The van der Waals surface area contributed by atoms with E-state index in [1.165, 1.54) is 138 Å². The Morgan fingerprint density at radius 1 is 0.403 bits per heavy atom. The van der Waals surface area contributed by atoms with Gasteiger partial charge in [0, 0.05) is 49.2 Å². The largest absolute Gasteiger partial charge is 0.375 e. The molecule has 67 heavy (non-hydrogen) atoms. The zero-order valence-electron chi connectivity index (χ0n) is 42.1. The van der Waals surface area contributed by atoms with Gasteiger partial charge in [0.15, 0.2) is 0 Å². The number of aryl methyl sites for hydroxylation is 2. The van der Waals surface area contributed by atoms with Crippen molar-refractivity contribution in [3.63, 3.8) is 0 Å². The molecule has 0 radical (unpaired) electrons. The molecule has 4 heterocycles. The van der Waals surface area contributed by atoms with Crippen LogP contribution in [0.25, 0.3) is 93.5 Å². The molecule has 0 atom stereocenters. The molecule has 0 spiro atoms. The number of aromatic nitrogens is 2. The van der Waals surface area contributed by atoms with Crippen LogP contribution in [0.1, 0.15) is 116 Å². The fourth-order valence-electron chi connectivity index (χ4n) is 11.7. The average Bonchev–Trinajstić information content (AvgIpc) is 3.79. The van der Waals surface area contributed by atoms with E-state index in [9.17, 15) is 0 Å². The number of rotatable bonds is 2. The summed E-state index contributed by atoms with van der Waals surface area (Å²) in [5.41, 5.74) is 25.1. The van der Waals surface area contributed by atoms with Crippen LogP contribution < -0.4 is 10.9 Å². The lowest BCUT2D eigenvalue weighted by Crippen LogP contribution is -2.55. The summed E-state index contributed by atoms with van der Waals surface area (Å²) in [6.07, 6.45) is 0. The first kappa shape index (κ1) is 42.1. The molecule has 2 aliphatic heterocycles. The van der Waals surface area contributed by atoms with Gasteiger partial charge in [0.25, 0.3) is 0 Å². The molecule has 3 heteroatoms. The Morgan fingerprint density at radius 3 is 1.75 bits per heavy atom. The van der Waals surface area contributed by atoms with Crippen LogP contribution in [-0.2, 0) is 21.7 Å². The van der Waals surface area contributed by atoms with Crippen LogP contribution in [0, 0.1) is 13.8 Å². The fraction of sp³-hybridized carbons (Fsp3) is 0.281. The zero-order valence-corrected chi connectivity index (χ0v) is 42.1. The molecule has 10 aromatic rings. The summed E-state index contributed by atoms with van der Waals surface area (Å²) >= 11 is 0. The number of benzene rings is 8. The Hall–Kier alpha value is -6.32. The van der Waals surface area contributed by atoms with Crippen molar-refractivity contribution in [1.82, 2.24) is 9.05 Å². The average molecular weight is 871 g/mol. The molecule has 0 saturated carbocycles. The molecule has 0 amide bonds. The molecular weight excluding hydrogens is 808 g/mol. The van der Waals surface area contributed by atoms with Gasteiger partial charge >= 0.3 is 6.85 Å². The van der Waals surface area contributed by atoms with E-state index < -0.39 is 0 Å². The first-order valence-electron chi connectivity index (χ1n) is 24.6. The molecule has 8 aromatic carbocycles. The van der Waals surface area contributed by atoms with E-state index >= 15 is 0 Å². The first-order chi connectivity index (χ1) is 31.6. The summed E-state index contributed by atoms with van der Waals surface area (Å²) in [7, 11) is 0. The van der Waals surface area contributed by atoms with Gasteiger partial charge in [0.05, 0.1) is 11.0 Å². The van der Waals surface area contributed by atoms with E-state index in [0.717, 1.165) is 0 Å². The van der Waals surface area contributed by atoms with Crippen molar-refractivity contribution in [1.29, 1.82) is 0 Å². The normalized spacial score (nSPS) is 13.8. The predicted octanol–water partition coefficient (Wildman–Crippen LogP) is 16.1. The van der Waals surface area contributed by atoms with Gasteiger partial charge in [-0.15, -0.1) is 0 Å². The fourth-order valence-corrected chi connectivity index (χ4v) is 11.7. The van der Waals surface area contributed by atoms with Gasteiger partial charge in [-0.25, -0.2) is 0 Å². The molecule has 0 saturated heterocycles. The number of hydrogen-bond acceptors (Lipinski definition) is 0. The van der Waals surface area contributed by atoms with Gasteiger partial charge in [-0.1, -0.05) is 174 Å². The third kappa shape index (κ3) is 6.15. The Kier molecular flexibility index (Phi) is 8.57. The molecule has 0 unspecified atom stereocenters. The highest BCUT2D eigenvalue weighted by molar-refractivity contribution is 6.90. The summed E-state index contributed by atoms with van der Waals surface area (Å²) in [5, 5.41) is 7.86. The monoisotopic (exact) mass is 871 g/mol. The van der Waals surface area contributed by atoms with Crippen LogP contribution in [0.15, 0.2) is 127 Å². The Bertz CT molecular complexity index is 3770. The minimum absolute atomic E-state index is 0.00646. The van der Waals surface area contributed by atoms with E-state index in [2.05, 4.69) is 233 Å². The summed E-state index contributed by atoms with van der Waals surface area (Å²) in [6.45, 7) is 32.7. The van der Waals surface area contributed by atoms with Gasteiger partial charge < -0.3 is 9.05 Å². The lowest BCUT2D eigenvalue weighted by atomic mass is 9.45. The standard InChI is InChI=1S/C64H63BN2/c1-36-19-20-37(2)48(25-36)41-29-50-53-35-45(64(12,13)14)34-52-49-33-42(61(3,4)5)22-24-55(49)67(59(52)53)65-54-30-40(39-26-43(62(6,7)8)32-44(27-39)63(9,10)11)28-51-47-23-21-38-17-15-16-18-46(38)58(47)66(60(51)54)56(31-41)57(50)65/h15-35H,1-14H3. The predicted molar refractivity (Wildman–Crippen MR) is 292 cm³/mol. The van der Waals surface area contributed by atoms with E-state index in [1.54, 1.807) is 0 Å². The van der Waals surface area contributed by atoms with Crippen LogP contribution in [0.4, 0.5) is 0 Å². The van der Waals surface area contributed by atoms with Gasteiger partial charge in [-0.05, 0) is 150 Å². The van der Waals surface area contributed by atoms with Crippen LogP contribution in [0.2, 0.25) is 0 Å². The minimum Gasteiger partial charge on any atom is -0.375 e. The molecule has 0 fully saturated rings. The summed E-state index contributed by atoms with van der Waals surface area (Å²) in [5.74, 6) is 0. The lowest BCUT2D eigenvalue weighted by molar-refractivity contribution is 0.569. The Labute approximate surface area is 397 Å². The van der Waals surface area contributed by atoms with Crippen molar-refractivity contribution in [2.24, 2.45) is 0 Å². The molecule has 2 aliphatic rings. The molecule has 0 bridgehead atoms. The molecule has 0 N–H and O–H groups in total. The lowest BCUT2D eigenvalue weighted by Gasteiger charge is -2.35. The first-order valence-corrected chi connectivity index (χ1v) is 24.6. The van der Waals surface area contributed by atoms with E-state index in [1.807, 2.05) is 0 Å². The second-order valence-electron chi connectivity index (χ2n) is 24.5. The van der Waals surface area contributed by atoms with Gasteiger partial charge in [-0.2, -0.15) is 0 Å². The highest BCUT2D eigenvalue weighted by Gasteiger charge is 2.43. The van der Waals surface area contributed by atoms with Crippen molar-refractivity contribution in [3.8, 4) is 39.1 Å². The zero-order chi connectivity index (χ0) is 47.0. The molecular formula is C64H63BN2. The number of fused-ring (bicyclic) bond motifs is 12. The maximum atomic E-state index is 2.77. The Morgan fingerprint density at radius 2 is 1.04 bits per heavy atom. The van der Waals surface area contributed by atoms with Crippen molar-refractivity contribution in [2.45, 2.75) is 119 Å². The van der Waals surface area contributed by atoms with Crippen LogP contribution >= 0.6 is 0 Å². The van der Waals surface area contributed by atoms with Crippen molar-refractivity contribution in [2.75, 3.05) is 0 Å². The van der Waals surface area contributed by atoms with E-state index in [4.69, 9.17) is 0 Å². The number of hydrogen-bond donors (Lipinski definition) is 0. The quantitative estimate of drug-likeness (QED) is 0.153. The second-order valence-corrected chi connectivity index (χ2v) is 24.5. The molecule has 2 nitrogen and oxygen atoms in total. The van der Waals surface area contributed by atoms with Gasteiger partial charge in [0.2, 0.25) is 0 Å². The van der Waals surface area contributed by atoms with Crippen LogP contribution in [-0.4, -0.2) is 15.9 Å². The maximum absolute atomic E-state index is 2.77. The van der Waals surface area contributed by atoms with Crippen LogP contribution in [0.5, 0.6) is 0 Å². The molecule has 12 rings (SSSR count). The van der Waals surface area contributed by atoms with Crippen LogP contribution in [0.3, 0.4) is 0 Å².